The van der Waals surface area contributed by atoms with Crippen molar-refractivity contribution in [1.29, 1.82) is 0 Å². The van der Waals surface area contributed by atoms with Crippen LogP contribution in [0.2, 0.25) is 0 Å². The number of rotatable bonds is 8. The first-order valence-electron chi connectivity index (χ1n) is 8.85. The zero-order valence-corrected chi connectivity index (χ0v) is 16.7. The van der Waals surface area contributed by atoms with Crippen molar-refractivity contribution in [2.45, 2.75) is 43.4 Å². The Morgan fingerprint density at radius 3 is 2.30 bits per heavy atom. The Hall–Kier alpha value is -2.27. The minimum atomic E-state index is -1.51. The van der Waals surface area contributed by atoms with E-state index < -0.39 is 34.8 Å². The molecule has 3 nitrogen and oxygen atoms in total. The number of alkyl halides is 1. The number of halogens is 1. The highest BCUT2D eigenvalue weighted by molar-refractivity contribution is 7.85. The predicted molar refractivity (Wildman–Crippen MR) is 107 cm³/mol. The van der Waals surface area contributed by atoms with Crippen LogP contribution in [-0.2, 0) is 15.5 Å². The second-order valence-corrected chi connectivity index (χ2v) is 8.30. The summed E-state index contributed by atoms with van der Waals surface area (Å²) in [5, 5.41) is -0.666. The summed E-state index contributed by atoms with van der Waals surface area (Å²) < 4.78 is 32.3. The lowest BCUT2D eigenvalue weighted by Crippen LogP contribution is -2.36. The van der Waals surface area contributed by atoms with Gasteiger partial charge in [0.1, 0.15) is 12.8 Å². The smallest absolute Gasteiger partial charge is 0.338 e. The highest BCUT2D eigenvalue weighted by Gasteiger charge is 2.31. The lowest BCUT2D eigenvalue weighted by molar-refractivity contribution is 0.0233. The third-order valence-corrected chi connectivity index (χ3v) is 5.90. The van der Waals surface area contributed by atoms with Crippen molar-refractivity contribution in [2.24, 2.45) is 0 Å². The number of hydrogen-bond acceptors (Lipinski definition) is 3. The maximum Gasteiger partial charge on any atom is 0.338 e. The van der Waals surface area contributed by atoms with Crippen LogP contribution in [0.1, 0.15) is 36.2 Å². The molecule has 0 spiro atoms. The van der Waals surface area contributed by atoms with Crippen molar-refractivity contribution in [1.82, 2.24) is 0 Å². The molecule has 0 bridgehead atoms. The Kier molecular flexibility index (Phi) is 7.92. The molecule has 0 saturated carbocycles. The van der Waals surface area contributed by atoms with Gasteiger partial charge in [0.15, 0.2) is 0 Å². The van der Waals surface area contributed by atoms with Crippen LogP contribution in [0.15, 0.2) is 71.1 Å². The molecule has 27 heavy (non-hydrogen) atoms. The summed E-state index contributed by atoms with van der Waals surface area (Å²) in [6.45, 7) is 4.90. The summed E-state index contributed by atoms with van der Waals surface area (Å²) in [6.07, 6.45) is 1.17. The summed E-state index contributed by atoms with van der Waals surface area (Å²) in [6, 6.07) is 15.7. The fraction of sp³-hybridized carbons (Fsp3) is 0.318. The third kappa shape index (κ3) is 6.14. The molecule has 2 rings (SSSR count). The fourth-order valence-electron chi connectivity index (χ4n) is 2.56. The Balaban J connectivity index is 2.26. The number of ether oxygens (including phenoxy) is 1. The highest BCUT2D eigenvalue weighted by Crippen LogP contribution is 2.22. The van der Waals surface area contributed by atoms with E-state index >= 15 is 0 Å². The van der Waals surface area contributed by atoms with Gasteiger partial charge in [-0.3, -0.25) is 4.21 Å². The summed E-state index contributed by atoms with van der Waals surface area (Å²) >= 11 is 0. The first kappa shape index (κ1) is 21.0. The summed E-state index contributed by atoms with van der Waals surface area (Å²) in [5.41, 5.74) is 2.43. The maximum atomic E-state index is 13.8. The van der Waals surface area contributed by atoms with Gasteiger partial charge in [0.2, 0.25) is 0 Å². The second kappa shape index (κ2) is 10.2. The van der Waals surface area contributed by atoms with Gasteiger partial charge in [0, 0.05) is 4.90 Å². The Labute approximate surface area is 162 Å². The van der Waals surface area contributed by atoms with Gasteiger partial charge in [0.05, 0.1) is 21.6 Å². The molecule has 144 valence electrons. The molecule has 0 unspecified atom stereocenters. The van der Waals surface area contributed by atoms with Crippen molar-refractivity contribution >= 4 is 16.8 Å². The summed E-state index contributed by atoms with van der Waals surface area (Å²) in [5.74, 6) is -0.610. The number of carbonyl (C=O) groups is 1. The molecule has 0 N–H and O–H groups in total. The van der Waals surface area contributed by atoms with E-state index in [4.69, 9.17) is 4.74 Å². The number of aryl methyl sites for hydroxylation is 1. The zero-order chi connectivity index (χ0) is 19.8. The van der Waals surface area contributed by atoms with E-state index in [1.165, 1.54) is 0 Å². The SMILES string of the molecule is CC(C)=CC[C@@H]([C@H](CF)OC(=O)c1ccccc1)[S@@](=O)c1ccc(C)cc1. The van der Waals surface area contributed by atoms with Crippen LogP contribution in [0.25, 0.3) is 0 Å². The van der Waals surface area contributed by atoms with Gasteiger partial charge in [-0.25, -0.2) is 9.18 Å². The minimum Gasteiger partial charge on any atom is -0.455 e. The monoisotopic (exact) mass is 388 g/mol. The first-order chi connectivity index (χ1) is 12.9. The number of carbonyl (C=O) groups excluding carboxylic acids is 1. The van der Waals surface area contributed by atoms with Crippen LogP contribution in [-0.4, -0.2) is 28.2 Å². The van der Waals surface area contributed by atoms with E-state index in [9.17, 15) is 13.4 Å². The van der Waals surface area contributed by atoms with Gasteiger partial charge in [-0.05, 0) is 51.5 Å². The number of hydrogen-bond donors (Lipinski definition) is 0. The largest absolute Gasteiger partial charge is 0.455 e. The number of esters is 1. The van der Waals surface area contributed by atoms with E-state index in [1.807, 2.05) is 39.0 Å². The molecule has 2 aromatic carbocycles. The van der Waals surface area contributed by atoms with E-state index in [0.717, 1.165) is 11.1 Å². The van der Waals surface area contributed by atoms with Crippen LogP contribution in [0.3, 0.4) is 0 Å². The highest BCUT2D eigenvalue weighted by atomic mass is 32.2. The average Bonchev–Trinajstić information content (AvgIpc) is 2.67. The van der Waals surface area contributed by atoms with Crippen LogP contribution < -0.4 is 0 Å². The molecule has 0 radical (unpaired) electrons. The molecule has 0 amide bonds. The Bertz CT molecular complexity index is 796. The van der Waals surface area contributed by atoms with Crippen molar-refractivity contribution in [2.75, 3.05) is 6.67 Å². The van der Waals surface area contributed by atoms with Crippen LogP contribution in [0, 0.1) is 6.92 Å². The molecule has 2 aromatic rings. The minimum absolute atomic E-state index is 0.345. The van der Waals surface area contributed by atoms with Crippen LogP contribution >= 0.6 is 0 Å². The molecule has 0 aliphatic carbocycles. The predicted octanol–water partition coefficient (Wildman–Crippen LogP) is 5.02. The average molecular weight is 389 g/mol. The van der Waals surface area contributed by atoms with Crippen molar-refractivity contribution in [3.8, 4) is 0 Å². The van der Waals surface area contributed by atoms with E-state index in [2.05, 4.69) is 0 Å². The van der Waals surface area contributed by atoms with Crippen LogP contribution in [0.5, 0.6) is 0 Å². The molecule has 5 heteroatoms. The number of allylic oxidation sites excluding steroid dienone is 2. The lowest BCUT2D eigenvalue weighted by atomic mass is 10.1. The fourth-order valence-corrected chi connectivity index (χ4v) is 3.99. The van der Waals surface area contributed by atoms with Gasteiger partial charge in [-0.15, -0.1) is 0 Å². The topological polar surface area (TPSA) is 43.4 Å². The van der Waals surface area contributed by atoms with Gasteiger partial charge in [-0.1, -0.05) is 47.5 Å². The third-order valence-electron chi connectivity index (χ3n) is 4.12. The van der Waals surface area contributed by atoms with Crippen LogP contribution in [0.4, 0.5) is 4.39 Å². The second-order valence-electron chi connectivity index (χ2n) is 6.63. The molecule has 3 atom stereocenters. The maximum absolute atomic E-state index is 13.8. The molecular weight excluding hydrogens is 363 g/mol. The summed E-state index contributed by atoms with van der Waals surface area (Å²) in [4.78, 5) is 13.0. The van der Waals surface area contributed by atoms with Crippen molar-refractivity contribution in [3.05, 3.63) is 77.4 Å². The molecule has 0 aliphatic heterocycles. The standard InChI is InChI=1S/C22H25FO3S/c1-16(2)9-14-21(27(25)19-12-10-17(3)11-13-19)20(15-23)26-22(24)18-7-5-4-6-8-18/h4-13,20-21H,14-15H2,1-3H3/t20-,21-,27-/m0/s1. The van der Waals surface area contributed by atoms with E-state index in [1.54, 1.807) is 42.5 Å². The van der Waals surface area contributed by atoms with E-state index in [-0.39, 0.29) is 0 Å². The molecule has 0 fully saturated rings. The van der Waals surface area contributed by atoms with Gasteiger partial charge in [-0.2, -0.15) is 0 Å². The van der Waals surface area contributed by atoms with Crippen molar-refractivity contribution < 1.29 is 18.1 Å². The molecule has 0 aliphatic rings. The Morgan fingerprint density at radius 1 is 1.11 bits per heavy atom. The van der Waals surface area contributed by atoms with E-state index in [0.29, 0.717) is 16.9 Å². The molecule has 0 saturated heterocycles. The number of benzene rings is 2. The first-order valence-corrected chi connectivity index (χ1v) is 10.1. The lowest BCUT2D eigenvalue weighted by Gasteiger charge is -2.24. The normalized spacial score (nSPS) is 14.1. The van der Waals surface area contributed by atoms with Gasteiger partial charge in [0.25, 0.3) is 0 Å². The molecular formula is C22H25FO3S. The zero-order valence-electron chi connectivity index (χ0n) is 15.9. The van der Waals surface area contributed by atoms with Gasteiger partial charge >= 0.3 is 5.97 Å². The van der Waals surface area contributed by atoms with Gasteiger partial charge < -0.3 is 4.74 Å². The quantitative estimate of drug-likeness (QED) is 0.471. The molecule has 0 aromatic heterocycles. The molecule has 0 heterocycles. The summed E-state index contributed by atoms with van der Waals surface area (Å²) in [7, 11) is -1.51. The Morgan fingerprint density at radius 2 is 1.74 bits per heavy atom. The van der Waals surface area contributed by atoms with Crippen molar-refractivity contribution in [3.63, 3.8) is 0 Å².